The molecule has 1 aliphatic rings. The number of fused-ring (bicyclic) bond motifs is 2. The van der Waals surface area contributed by atoms with Gasteiger partial charge >= 0.3 is 0 Å². The van der Waals surface area contributed by atoms with Crippen molar-refractivity contribution in [1.82, 2.24) is 0 Å². The van der Waals surface area contributed by atoms with Gasteiger partial charge in [-0.05, 0) is 42.0 Å². The van der Waals surface area contributed by atoms with Gasteiger partial charge in [-0.1, -0.05) is 54.1 Å². The maximum Gasteiger partial charge on any atom is 0.295 e. The maximum atomic E-state index is 13.3. The molecule has 1 amide bonds. The van der Waals surface area contributed by atoms with E-state index in [0.29, 0.717) is 27.2 Å². The molecule has 1 aliphatic heterocycles. The Morgan fingerprint density at radius 1 is 0.821 bits per heavy atom. The Labute approximate surface area is 165 Å². The molecule has 1 aromatic heterocycles. The number of para-hydroxylation sites is 1. The highest BCUT2D eigenvalue weighted by molar-refractivity contribution is 6.30. The Hall–Kier alpha value is -3.37. The van der Waals surface area contributed by atoms with Crippen LogP contribution in [0.25, 0.3) is 11.0 Å². The topological polar surface area (TPSA) is 50.5 Å². The standard InChI is InChI=1S/C23H14ClNO3/c24-15-10-12-16(13-11-15)25-20(14-6-2-1-3-7-14)19-21(26)17-8-4-5-9-18(17)28-22(19)23(25)27/h1-13,20H/t20-/m1/s1. The van der Waals surface area contributed by atoms with E-state index in [4.69, 9.17) is 16.0 Å². The van der Waals surface area contributed by atoms with Gasteiger partial charge in [-0.3, -0.25) is 14.5 Å². The lowest BCUT2D eigenvalue weighted by Crippen LogP contribution is -2.29. The lowest BCUT2D eigenvalue weighted by molar-refractivity contribution is 0.0971. The third-order valence-electron chi connectivity index (χ3n) is 5.00. The summed E-state index contributed by atoms with van der Waals surface area (Å²) in [5.74, 6) is -0.249. The van der Waals surface area contributed by atoms with E-state index < -0.39 is 6.04 Å². The first-order valence-electron chi connectivity index (χ1n) is 8.85. The van der Waals surface area contributed by atoms with Crippen LogP contribution in [0.5, 0.6) is 0 Å². The summed E-state index contributed by atoms with van der Waals surface area (Å²) in [5.41, 5.74) is 2.08. The average Bonchev–Trinajstić information content (AvgIpc) is 3.02. The normalized spacial score (nSPS) is 15.8. The van der Waals surface area contributed by atoms with Gasteiger partial charge in [0.05, 0.1) is 17.0 Å². The third kappa shape index (κ3) is 2.46. The molecular weight excluding hydrogens is 374 g/mol. The molecule has 5 rings (SSSR count). The second-order valence-electron chi connectivity index (χ2n) is 6.63. The zero-order valence-corrected chi connectivity index (χ0v) is 15.4. The van der Waals surface area contributed by atoms with Crippen LogP contribution in [-0.4, -0.2) is 5.91 Å². The SMILES string of the molecule is O=C1c2oc3ccccc3c(=O)c2[C@@H](c2ccccc2)N1c1ccc(Cl)cc1. The van der Waals surface area contributed by atoms with Gasteiger partial charge < -0.3 is 4.42 Å². The summed E-state index contributed by atoms with van der Waals surface area (Å²) in [6.45, 7) is 0. The molecule has 4 aromatic rings. The largest absolute Gasteiger partial charge is 0.450 e. The number of rotatable bonds is 2. The highest BCUT2D eigenvalue weighted by Gasteiger charge is 2.43. The van der Waals surface area contributed by atoms with Crippen molar-refractivity contribution in [3.05, 3.63) is 111 Å². The number of hydrogen-bond donors (Lipinski definition) is 0. The van der Waals surface area contributed by atoms with Crippen molar-refractivity contribution >= 4 is 34.2 Å². The second-order valence-corrected chi connectivity index (χ2v) is 7.07. The number of halogens is 1. The van der Waals surface area contributed by atoms with E-state index in [9.17, 15) is 9.59 Å². The van der Waals surface area contributed by atoms with Gasteiger partial charge in [0.15, 0.2) is 5.43 Å². The van der Waals surface area contributed by atoms with Crippen LogP contribution in [0, 0.1) is 0 Å². The van der Waals surface area contributed by atoms with Crippen molar-refractivity contribution in [2.24, 2.45) is 0 Å². The summed E-state index contributed by atoms with van der Waals surface area (Å²) in [7, 11) is 0. The monoisotopic (exact) mass is 387 g/mol. The summed E-state index contributed by atoms with van der Waals surface area (Å²) in [6.07, 6.45) is 0. The zero-order valence-electron chi connectivity index (χ0n) is 14.6. The molecule has 0 spiro atoms. The Morgan fingerprint density at radius 2 is 1.50 bits per heavy atom. The van der Waals surface area contributed by atoms with Crippen LogP contribution in [0.3, 0.4) is 0 Å². The van der Waals surface area contributed by atoms with Crippen LogP contribution in [0.2, 0.25) is 5.02 Å². The minimum atomic E-state index is -0.564. The highest BCUT2D eigenvalue weighted by Crippen LogP contribution is 2.41. The summed E-state index contributed by atoms with van der Waals surface area (Å²) in [4.78, 5) is 28.2. The van der Waals surface area contributed by atoms with Crippen LogP contribution in [0.15, 0.2) is 88.1 Å². The summed E-state index contributed by atoms with van der Waals surface area (Å²) in [6, 6.07) is 22.9. The van der Waals surface area contributed by atoms with E-state index in [1.54, 1.807) is 53.4 Å². The molecule has 0 bridgehead atoms. The van der Waals surface area contributed by atoms with Crippen molar-refractivity contribution in [1.29, 1.82) is 0 Å². The van der Waals surface area contributed by atoms with Gasteiger partial charge in [0.25, 0.3) is 5.91 Å². The molecule has 1 atom stereocenters. The molecule has 136 valence electrons. The fraction of sp³-hybridized carbons (Fsp3) is 0.0435. The van der Waals surface area contributed by atoms with Gasteiger partial charge in [0.1, 0.15) is 5.58 Å². The first-order chi connectivity index (χ1) is 13.6. The smallest absolute Gasteiger partial charge is 0.295 e. The second kappa shape index (κ2) is 6.36. The van der Waals surface area contributed by atoms with E-state index in [-0.39, 0.29) is 17.1 Å². The maximum absolute atomic E-state index is 13.3. The van der Waals surface area contributed by atoms with Crippen molar-refractivity contribution in [3.63, 3.8) is 0 Å². The molecule has 0 radical (unpaired) electrons. The minimum Gasteiger partial charge on any atom is -0.450 e. The molecule has 0 unspecified atom stereocenters. The van der Waals surface area contributed by atoms with Gasteiger partial charge in [0.2, 0.25) is 5.76 Å². The van der Waals surface area contributed by atoms with E-state index in [0.717, 1.165) is 5.56 Å². The predicted molar refractivity (Wildman–Crippen MR) is 109 cm³/mol. The molecular formula is C23H14ClNO3. The fourth-order valence-corrected chi connectivity index (χ4v) is 3.86. The lowest BCUT2D eigenvalue weighted by atomic mass is 9.98. The highest BCUT2D eigenvalue weighted by atomic mass is 35.5. The molecule has 0 fully saturated rings. The van der Waals surface area contributed by atoms with Crippen LogP contribution in [-0.2, 0) is 0 Å². The van der Waals surface area contributed by atoms with Crippen molar-refractivity contribution in [3.8, 4) is 0 Å². The van der Waals surface area contributed by atoms with E-state index >= 15 is 0 Å². The molecule has 0 aliphatic carbocycles. The van der Waals surface area contributed by atoms with Gasteiger partial charge in [-0.2, -0.15) is 0 Å². The number of hydrogen-bond acceptors (Lipinski definition) is 3. The van der Waals surface area contributed by atoms with Crippen molar-refractivity contribution in [2.75, 3.05) is 4.90 Å². The fourth-order valence-electron chi connectivity index (χ4n) is 3.74. The molecule has 5 heteroatoms. The van der Waals surface area contributed by atoms with Crippen LogP contribution >= 0.6 is 11.6 Å². The molecule has 0 saturated carbocycles. The Morgan fingerprint density at radius 3 is 2.25 bits per heavy atom. The first kappa shape index (κ1) is 16.8. The Bertz CT molecular complexity index is 1260. The zero-order chi connectivity index (χ0) is 19.3. The summed E-state index contributed by atoms with van der Waals surface area (Å²) in [5, 5.41) is 1.04. The summed E-state index contributed by atoms with van der Waals surface area (Å²) < 4.78 is 5.91. The number of anilines is 1. The third-order valence-corrected chi connectivity index (χ3v) is 5.25. The predicted octanol–water partition coefficient (Wildman–Crippen LogP) is 5.20. The molecule has 2 heterocycles. The number of benzene rings is 3. The van der Waals surface area contributed by atoms with Crippen LogP contribution < -0.4 is 10.3 Å². The number of carbonyl (C=O) groups excluding carboxylic acids is 1. The van der Waals surface area contributed by atoms with Gasteiger partial charge in [-0.15, -0.1) is 0 Å². The van der Waals surface area contributed by atoms with Gasteiger partial charge in [-0.25, -0.2) is 0 Å². The first-order valence-corrected chi connectivity index (χ1v) is 9.23. The van der Waals surface area contributed by atoms with E-state index in [1.807, 2.05) is 30.3 Å². The molecule has 4 nitrogen and oxygen atoms in total. The molecule has 3 aromatic carbocycles. The number of nitrogens with zero attached hydrogens (tertiary/aromatic N) is 1. The lowest BCUT2D eigenvalue weighted by Gasteiger charge is -2.25. The summed E-state index contributed by atoms with van der Waals surface area (Å²) >= 11 is 6.02. The minimum absolute atomic E-state index is 0.0903. The van der Waals surface area contributed by atoms with Crippen molar-refractivity contribution in [2.45, 2.75) is 6.04 Å². The quantitative estimate of drug-likeness (QED) is 0.475. The van der Waals surface area contributed by atoms with E-state index in [1.165, 1.54) is 0 Å². The van der Waals surface area contributed by atoms with Gasteiger partial charge in [0, 0.05) is 10.7 Å². The van der Waals surface area contributed by atoms with Crippen molar-refractivity contribution < 1.29 is 9.21 Å². The average molecular weight is 388 g/mol. The number of carbonyl (C=O) groups is 1. The Balaban J connectivity index is 1.82. The Kier molecular flexibility index (Phi) is 3.81. The van der Waals surface area contributed by atoms with Crippen LogP contribution in [0.1, 0.15) is 27.7 Å². The molecule has 28 heavy (non-hydrogen) atoms. The van der Waals surface area contributed by atoms with Crippen LogP contribution in [0.4, 0.5) is 5.69 Å². The van der Waals surface area contributed by atoms with E-state index in [2.05, 4.69) is 0 Å². The molecule has 0 N–H and O–H groups in total. The molecule has 0 saturated heterocycles. The number of amides is 1.